The summed E-state index contributed by atoms with van der Waals surface area (Å²) >= 11 is 0. The molecule has 0 aromatic carbocycles. The molecule has 0 aliphatic carbocycles. The summed E-state index contributed by atoms with van der Waals surface area (Å²) in [4.78, 5) is 23.4. The van der Waals surface area contributed by atoms with E-state index in [1.807, 2.05) is 0 Å². The number of nitrogens with zero attached hydrogens (tertiary/aromatic N) is 4. The van der Waals surface area contributed by atoms with Gasteiger partial charge in [0.2, 0.25) is 0 Å². The number of aryl methyl sites for hydroxylation is 1. The summed E-state index contributed by atoms with van der Waals surface area (Å²) in [5.41, 5.74) is 5.39. The van der Waals surface area contributed by atoms with Crippen LogP contribution in [0.3, 0.4) is 0 Å². The molecule has 0 bridgehead atoms. The number of hydrogen-bond donors (Lipinski definition) is 1. The van der Waals surface area contributed by atoms with Crippen LogP contribution in [0.15, 0.2) is 15.7 Å². The van der Waals surface area contributed by atoms with E-state index in [4.69, 9.17) is 5.73 Å². The van der Waals surface area contributed by atoms with Gasteiger partial charge in [0, 0.05) is 20.6 Å². The second-order valence-corrected chi connectivity index (χ2v) is 3.48. The summed E-state index contributed by atoms with van der Waals surface area (Å²) in [6.07, 6.45) is 0. The molecule has 0 aliphatic rings. The summed E-state index contributed by atoms with van der Waals surface area (Å²) in [7, 11) is 2.97. The molecule has 2 heterocycles. The minimum Gasteiger partial charge on any atom is -0.325 e. The van der Waals surface area contributed by atoms with E-state index in [-0.39, 0.29) is 17.8 Å². The van der Waals surface area contributed by atoms with E-state index in [0.717, 1.165) is 4.57 Å². The van der Waals surface area contributed by atoms with Crippen molar-refractivity contribution in [3.8, 4) is 0 Å². The summed E-state index contributed by atoms with van der Waals surface area (Å²) in [6, 6.07) is 1.56. The Kier molecular flexibility index (Phi) is 2.31. The van der Waals surface area contributed by atoms with Gasteiger partial charge in [0.1, 0.15) is 0 Å². The van der Waals surface area contributed by atoms with Gasteiger partial charge in [0.05, 0.1) is 11.1 Å². The van der Waals surface area contributed by atoms with Gasteiger partial charge in [-0.05, 0) is 6.07 Å². The van der Waals surface area contributed by atoms with Crippen LogP contribution in [0.2, 0.25) is 0 Å². The second-order valence-electron chi connectivity index (χ2n) is 3.48. The lowest BCUT2D eigenvalue weighted by atomic mass is 10.3. The highest BCUT2D eigenvalue weighted by atomic mass is 16.2. The first-order valence-electron chi connectivity index (χ1n) is 4.68. The molecule has 2 aromatic rings. The largest absolute Gasteiger partial charge is 0.332 e. The van der Waals surface area contributed by atoms with Crippen LogP contribution in [0.4, 0.5) is 0 Å². The lowest BCUT2D eigenvalue weighted by Crippen LogP contribution is -2.37. The van der Waals surface area contributed by atoms with E-state index in [1.54, 1.807) is 13.1 Å². The molecule has 0 unspecified atom stereocenters. The highest BCUT2D eigenvalue weighted by molar-refractivity contribution is 5.73. The highest BCUT2D eigenvalue weighted by Gasteiger charge is 2.10. The first kappa shape index (κ1) is 10.5. The molecule has 0 spiro atoms. The summed E-state index contributed by atoms with van der Waals surface area (Å²) < 4.78 is 2.31. The van der Waals surface area contributed by atoms with Crippen LogP contribution in [-0.4, -0.2) is 19.3 Å². The van der Waals surface area contributed by atoms with Crippen LogP contribution in [0.1, 0.15) is 5.69 Å². The average Bonchev–Trinajstić information content (AvgIpc) is 2.33. The van der Waals surface area contributed by atoms with E-state index in [1.165, 1.54) is 11.6 Å². The number of aromatic nitrogens is 4. The minimum atomic E-state index is -0.424. The Bertz CT molecular complexity index is 670. The Balaban J connectivity index is 3.03. The van der Waals surface area contributed by atoms with Crippen molar-refractivity contribution in [2.45, 2.75) is 6.54 Å². The predicted octanol–water partition coefficient (Wildman–Crippen LogP) is -1.51. The van der Waals surface area contributed by atoms with Crippen molar-refractivity contribution in [3.63, 3.8) is 0 Å². The van der Waals surface area contributed by atoms with Crippen molar-refractivity contribution >= 4 is 11.0 Å². The van der Waals surface area contributed by atoms with Crippen LogP contribution in [0.5, 0.6) is 0 Å². The molecule has 0 saturated carbocycles. The Morgan fingerprint density at radius 2 is 1.94 bits per heavy atom. The lowest BCUT2D eigenvalue weighted by molar-refractivity contribution is 0.700. The van der Waals surface area contributed by atoms with E-state index >= 15 is 0 Å². The number of hydrogen-bond acceptors (Lipinski definition) is 5. The fourth-order valence-corrected chi connectivity index (χ4v) is 1.51. The monoisotopic (exact) mass is 221 g/mol. The molecule has 0 saturated heterocycles. The average molecular weight is 221 g/mol. The van der Waals surface area contributed by atoms with E-state index < -0.39 is 5.69 Å². The molecular formula is C9H11N5O2. The number of rotatable bonds is 1. The fraction of sp³-hybridized carbons (Fsp3) is 0.333. The minimum absolute atomic E-state index is 0.203. The van der Waals surface area contributed by atoms with Gasteiger partial charge in [-0.2, -0.15) is 5.10 Å². The molecule has 0 fully saturated rings. The lowest BCUT2D eigenvalue weighted by Gasteiger charge is -2.06. The van der Waals surface area contributed by atoms with Gasteiger partial charge >= 0.3 is 5.69 Å². The molecule has 2 aromatic heterocycles. The molecule has 2 N–H and O–H groups in total. The maximum atomic E-state index is 11.8. The van der Waals surface area contributed by atoms with Crippen LogP contribution in [0, 0.1) is 0 Å². The molecule has 2 rings (SSSR count). The Labute approximate surface area is 90.1 Å². The summed E-state index contributed by atoms with van der Waals surface area (Å²) in [5.74, 6) is 0. The highest BCUT2D eigenvalue weighted by Crippen LogP contribution is 2.03. The van der Waals surface area contributed by atoms with E-state index in [2.05, 4.69) is 10.2 Å². The number of fused-ring (bicyclic) bond motifs is 1. The van der Waals surface area contributed by atoms with E-state index in [9.17, 15) is 9.59 Å². The van der Waals surface area contributed by atoms with E-state index in [0.29, 0.717) is 11.1 Å². The van der Waals surface area contributed by atoms with Gasteiger partial charge in [-0.1, -0.05) is 0 Å². The first-order chi connectivity index (χ1) is 7.56. The third-order valence-corrected chi connectivity index (χ3v) is 2.46. The van der Waals surface area contributed by atoms with Gasteiger partial charge in [-0.25, -0.2) is 4.79 Å². The van der Waals surface area contributed by atoms with Gasteiger partial charge in [-0.15, -0.1) is 5.10 Å². The zero-order valence-electron chi connectivity index (χ0n) is 8.97. The first-order valence-corrected chi connectivity index (χ1v) is 4.68. The summed E-state index contributed by atoms with van der Waals surface area (Å²) in [6.45, 7) is 0.203. The maximum absolute atomic E-state index is 11.8. The van der Waals surface area contributed by atoms with Crippen molar-refractivity contribution in [1.82, 2.24) is 19.3 Å². The van der Waals surface area contributed by atoms with Crippen LogP contribution >= 0.6 is 0 Å². The van der Waals surface area contributed by atoms with Crippen molar-refractivity contribution in [2.24, 2.45) is 19.8 Å². The molecule has 84 valence electrons. The normalized spacial score (nSPS) is 10.9. The van der Waals surface area contributed by atoms with Crippen LogP contribution in [-0.2, 0) is 20.6 Å². The SMILES string of the molecule is Cn1c(=O)c2cc(CN)nnc2n(C)c1=O. The van der Waals surface area contributed by atoms with Crippen molar-refractivity contribution in [1.29, 1.82) is 0 Å². The topological polar surface area (TPSA) is 95.8 Å². The standard InChI is InChI=1S/C9H11N5O2/c1-13-7-6(3-5(4-10)11-12-7)8(15)14(2)9(13)16/h3H,4,10H2,1-2H3. The van der Waals surface area contributed by atoms with Gasteiger partial charge < -0.3 is 5.73 Å². The second kappa shape index (κ2) is 3.53. The van der Waals surface area contributed by atoms with Crippen LogP contribution in [0.25, 0.3) is 11.0 Å². The Morgan fingerprint density at radius 3 is 2.56 bits per heavy atom. The molecule has 0 atom stereocenters. The molecule has 0 amide bonds. The molecule has 16 heavy (non-hydrogen) atoms. The molecule has 0 radical (unpaired) electrons. The third-order valence-electron chi connectivity index (χ3n) is 2.46. The van der Waals surface area contributed by atoms with Crippen molar-refractivity contribution in [3.05, 3.63) is 32.6 Å². The fourth-order valence-electron chi connectivity index (χ4n) is 1.51. The van der Waals surface area contributed by atoms with Gasteiger partial charge in [0.25, 0.3) is 5.56 Å². The van der Waals surface area contributed by atoms with Crippen molar-refractivity contribution < 1.29 is 0 Å². The molecule has 0 aliphatic heterocycles. The molecule has 7 nitrogen and oxygen atoms in total. The van der Waals surface area contributed by atoms with Crippen molar-refractivity contribution in [2.75, 3.05) is 0 Å². The third kappa shape index (κ3) is 1.33. The summed E-state index contributed by atoms with van der Waals surface area (Å²) in [5, 5.41) is 8.00. The molecular weight excluding hydrogens is 210 g/mol. The predicted molar refractivity (Wildman–Crippen MR) is 57.9 cm³/mol. The zero-order chi connectivity index (χ0) is 11.9. The quantitative estimate of drug-likeness (QED) is 0.631. The van der Waals surface area contributed by atoms with Crippen LogP contribution < -0.4 is 17.0 Å². The zero-order valence-corrected chi connectivity index (χ0v) is 8.97. The smallest absolute Gasteiger partial charge is 0.325 e. The number of nitrogens with two attached hydrogens (primary N) is 1. The Hall–Kier alpha value is -2.02. The Morgan fingerprint density at radius 1 is 1.25 bits per heavy atom. The molecule has 7 heteroatoms. The maximum Gasteiger partial charge on any atom is 0.332 e. The van der Waals surface area contributed by atoms with Gasteiger partial charge in [-0.3, -0.25) is 13.9 Å². The van der Waals surface area contributed by atoms with Gasteiger partial charge in [0.15, 0.2) is 5.65 Å².